The number of hydrogen-bond acceptors (Lipinski definition) is 2. The highest BCUT2D eigenvalue weighted by atomic mass is 19.1. The number of amides is 1. The monoisotopic (exact) mass is 315 g/mol. The molecule has 122 valence electrons. The lowest BCUT2D eigenvalue weighted by Gasteiger charge is -2.14. The number of carbonyl (C=O) groups excluding carboxylic acids is 1. The van der Waals surface area contributed by atoms with Gasteiger partial charge in [0.15, 0.2) is 0 Å². The van der Waals surface area contributed by atoms with E-state index in [1.165, 1.54) is 12.1 Å². The number of allylic oxidation sites excluding steroid dienone is 1. The first-order valence-electron chi connectivity index (χ1n) is 7.75. The largest absolute Gasteiger partial charge is 0.464 e. The minimum Gasteiger partial charge on any atom is -0.464 e. The van der Waals surface area contributed by atoms with E-state index < -0.39 is 0 Å². The fourth-order valence-corrected chi connectivity index (χ4v) is 2.50. The lowest BCUT2D eigenvalue weighted by molar-refractivity contribution is -0.117. The average Bonchev–Trinajstić information content (AvgIpc) is 3.07. The van der Waals surface area contributed by atoms with Crippen molar-refractivity contribution < 1.29 is 13.6 Å². The molecule has 0 aliphatic rings. The SMILES string of the molecule is CCCNC(=O)/C(C)=C(\C)c1cc(F)cc(-c2ccco2)c1C. The Bertz CT molecular complexity index is 730. The molecule has 1 aromatic heterocycles. The summed E-state index contributed by atoms with van der Waals surface area (Å²) in [7, 11) is 0. The van der Waals surface area contributed by atoms with Crippen LogP contribution in [0, 0.1) is 12.7 Å². The second-order valence-electron chi connectivity index (χ2n) is 5.61. The summed E-state index contributed by atoms with van der Waals surface area (Å²) in [6, 6.07) is 6.49. The zero-order valence-electron chi connectivity index (χ0n) is 14.0. The predicted molar refractivity (Wildman–Crippen MR) is 90.4 cm³/mol. The number of nitrogens with one attached hydrogen (secondary N) is 1. The molecule has 2 aromatic rings. The number of halogens is 1. The highest BCUT2D eigenvalue weighted by Crippen LogP contribution is 2.32. The molecule has 0 unspecified atom stereocenters. The van der Waals surface area contributed by atoms with E-state index in [0.29, 0.717) is 23.4 Å². The molecule has 1 N–H and O–H groups in total. The molecule has 0 saturated carbocycles. The summed E-state index contributed by atoms with van der Waals surface area (Å²) in [5.41, 5.74) is 3.68. The highest BCUT2D eigenvalue weighted by molar-refractivity contribution is 6.00. The molecule has 0 atom stereocenters. The first-order valence-corrected chi connectivity index (χ1v) is 7.75. The lowest BCUT2D eigenvalue weighted by Crippen LogP contribution is -2.25. The molecule has 2 rings (SSSR count). The molecule has 1 aromatic carbocycles. The lowest BCUT2D eigenvalue weighted by atomic mass is 9.93. The van der Waals surface area contributed by atoms with Gasteiger partial charge >= 0.3 is 0 Å². The Hall–Kier alpha value is -2.36. The van der Waals surface area contributed by atoms with Crippen LogP contribution < -0.4 is 5.32 Å². The van der Waals surface area contributed by atoms with Crippen LogP contribution in [-0.2, 0) is 4.79 Å². The molecule has 1 heterocycles. The first-order chi connectivity index (χ1) is 11.0. The summed E-state index contributed by atoms with van der Waals surface area (Å²) in [6.45, 7) is 8.14. The van der Waals surface area contributed by atoms with E-state index in [4.69, 9.17) is 4.42 Å². The summed E-state index contributed by atoms with van der Waals surface area (Å²) in [5, 5.41) is 2.85. The van der Waals surface area contributed by atoms with Crippen molar-refractivity contribution in [3.63, 3.8) is 0 Å². The van der Waals surface area contributed by atoms with E-state index in [1.807, 2.05) is 20.8 Å². The van der Waals surface area contributed by atoms with E-state index in [-0.39, 0.29) is 11.7 Å². The first kappa shape index (κ1) is 17.0. The molecule has 0 fully saturated rings. The van der Waals surface area contributed by atoms with Gasteiger partial charge in [-0.3, -0.25) is 4.79 Å². The van der Waals surface area contributed by atoms with Crippen LogP contribution in [-0.4, -0.2) is 12.5 Å². The second-order valence-corrected chi connectivity index (χ2v) is 5.61. The molecule has 0 radical (unpaired) electrons. The van der Waals surface area contributed by atoms with Crippen LogP contribution in [0.2, 0.25) is 0 Å². The van der Waals surface area contributed by atoms with Crippen LogP contribution in [0.25, 0.3) is 16.9 Å². The zero-order chi connectivity index (χ0) is 17.0. The molecule has 4 heteroatoms. The highest BCUT2D eigenvalue weighted by Gasteiger charge is 2.15. The molecule has 23 heavy (non-hydrogen) atoms. The van der Waals surface area contributed by atoms with Crippen LogP contribution in [0.5, 0.6) is 0 Å². The Morgan fingerprint density at radius 3 is 2.65 bits per heavy atom. The number of hydrogen-bond donors (Lipinski definition) is 1. The van der Waals surface area contributed by atoms with Crippen molar-refractivity contribution in [1.82, 2.24) is 5.32 Å². The topological polar surface area (TPSA) is 42.2 Å². The molecule has 3 nitrogen and oxygen atoms in total. The third-order valence-electron chi connectivity index (χ3n) is 4.00. The Kier molecular flexibility index (Phi) is 5.37. The van der Waals surface area contributed by atoms with Gasteiger partial charge in [0.1, 0.15) is 11.6 Å². The standard InChI is InChI=1S/C19H22FNO2/c1-5-8-21-19(22)13(3)12(2)16-10-15(20)11-17(14(16)4)18-7-6-9-23-18/h6-7,9-11H,5,8H2,1-4H3,(H,21,22)/b13-12+. The van der Waals surface area contributed by atoms with Gasteiger partial charge in [0.2, 0.25) is 5.91 Å². The van der Waals surface area contributed by atoms with Gasteiger partial charge in [-0.2, -0.15) is 0 Å². The van der Waals surface area contributed by atoms with Gasteiger partial charge in [-0.15, -0.1) is 0 Å². The normalized spacial score (nSPS) is 12.0. The van der Waals surface area contributed by atoms with Crippen LogP contribution in [0.4, 0.5) is 4.39 Å². The van der Waals surface area contributed by atoms with Gasteiger partial charge < -0.3 is 9.73 Å². The van der Waals surface area contributed by atoms with Crippen molar-refractivity contribution in [3.8, 4) is 11.3 Å². The number of carbonyl (C=O) groups is 1. The van der Waals surface area contributed by atoms with Crippen molar-refractivity contribution in [1.29, 1.82) is 0 Å². The summed E-state index contributed by atoms with van der Waals surface area (Å²) >= 11 is 0. The summed E-state index contributed by atoms with van der Waals surface area (Å²) in [4.78, 5) is 12.1. The van der Waals surface area contributed by atoms with Gasteiger partial charge in [-0.1, -0.05) is 6.92 Å². The van der Waals surface area contributed by atoms with Crippen LogP contribution >= 0.6 is 0 Å². The number of benzene rings is 1. The predicted octanol–water partition coefficient (Wildman–Crippen LogP) is 4.71. The quantitative estimate of drug-likeness (QED) is 0.812. The Morgan fingerprint density at radius 2 is 2.04 bits per heavy atom. The maximum Gasteiger partial charge on any atom is 0.247 e. The zero-order valence-corrected chi connectivity index (χ0v) is 14.0. The molecule has 0 saturated heterocycles. The summed E-state index contributed by atoms with van der Waals surface area (Å²) in [5.74, 6) is 0.148. The van der Waals surface area contributed by atoms with Crippen molar-refractivity contribution in [2.75, 3.05) is 6.54 Å². The van der Waals surface area contributed by atoms with E-state index >= 15 is 0 Å². The summed E-state index contributed by atoms with van der Waals surface area (Å²) in [6.07, 6.45) is 2.44. The number of rotatable bonds is 5. The van der Waals surface area contributed by atoms with E-state index in [9.17, 15) is 9.18 Å². The molecular formula is C19H22FNO2. The third kappa shape index (κ3) is 3.70. The Balaban J connectivity index is 2.49. The van der Waals surface area contributed by atoms with Gasteiger partial charge in [0.25, 0.3) is 0 Å². The van der Waals surface area contributed by atoms with Crippen molar-refractivity contribution in [3.05, 3.63) is 53.0 Å². The maximum absolute atomic E-state index is 14.1. The maximum atomic E-state index is 14.1. The van der Waals surface area contributed by atoms with Gasteiger partial charge in [-0.25, -0.2) is 4.39 Å². The molecule has 0 aliphatic carbocycles. The summed E-state index contributed by atoms with van der Waals surface area (Å²) < 4.78 is 19.5. The van der Waals surface area contributed by atoms with E-state index in [2.05, 4.69) is 5.32 Å². The van der Waals surface area contributed by atoms with Crippen molar-refractivity contribution in [2.45, 2.75) is 34.1 Å². The van der Waals surface area contributed by atoms with Crippen molar-refractivity contribution >= 4 is 11.5 Å². The van der Waals surface area contributed by atoms with Crippen LogP contribution in [0.1, 0.15) is 38.3 Å². The second kappa shape index (κ2) is 7.27. The fraction of sp³-hybridized carbons (Fsp3) is 0.316. The van der Waals surface area contributed by atoms with Gasteiger partial charge in [0, 0.05) is 17.7 Å². The van der Waals surface area contributed by atoms with E-state index in [0.717, 1.165) is 23.1 Å². The molecule has 0 aliphatic heterocycles. The smallest absolute Gasteiger partial charge is 0.247 e. The number of furan rings is 1. The fourth-order valence-electron chi connectivity index (χ4n) is 2.50. The minimum atomic E-state index is -0.349. The van der Waals surface area contributed by atoms with Gasteiger partial charge in [-0.05, 0) is 68.2 Å². The average molecular weight is 315 g/mol. The molecular weight excluding hydrogens is 293 g/mol. The molecule has 0 bridgehead atoms. The Labute approximate surface area is 136 Å². The van der Waals surface area contributed by atoms with Crippen molar-refractivity contribution in [2.24, 2.45) is 0 Å². The van der Waals surface area contributed by atoms with Crippen LogP contribution in [0.15, 0.2) is 40.5 Å². The minimum absolute atomic E-state index is 0.118. The third-order valence-corrected chi connectivity index (χ3v) is 4.00. The van der Waals surface area contributed by atoms with Crippen LogP contribution in [0.3, 0.4) is 0 Å². The van der Waals surface area contributed by atoms with Gasteiger partial charge in [0.05, 0.1) is 6.26 Å². The Morgan fingerprint density at radius 1 is 1.30 bits per heavy atom. The molecule has 1 amide bonds. The van der Waals surface area contributed by atoms with E-state index in [1.54, 1.807) is 25.3 Å². The molecule has 0 spiro atoms.